The molecule has 0 saturated carbocycles. The molecule has 3 aromatic rings. The van der Waals surface area contributed by atoms with Gasteiger partial charge in [0.25, 0.3) is 0 Å². The molecule has 0 aromatic heterocycles. The van der Waals surface area contributed by atoms with Crippen molar-refractivity contribution < 1.29 is 5.11 Å². The summed E-state index contributed by atoms with van der Waals surface area (Å²) in [6.45, 7) is 0.182. The minimum Gasteiger partial charge on any atom is -0.396 e. The molecule has 2 heteroatoms. The van der Waals surface area contributed by atoms with E-state index in [9.17, 15) is 0 Å². The molecule has 0 fully saturated rings. The molecule has 1 N–H and O–H groups in total. The molecule has 0 spiro atoms. The van der Waals surface area contributed by atoms with E-state index in [1.807, 2.05) is 24.4 Å². The number of unbranched alkanes of at least 4 members (excludes halogenated alkanes) is 1. The zero-order valence-electron chi connectivity index (χ0n) is 14.3. The third-order valence-corrected chi connectivity index (χ3v) is 4.35. The van der Waals surface area contributed by atoms with Crippen LogP contribution in [0.25, 0.3) is 0 Å². The fourth-order valence-corrected chi connectivity index (χ4v) is 3.15. The molecule has 0 heterocycles. The first-order chi connectivity index (χ1) is 12.4. The molecule has 0 bridgehead atoms. The summed E-state index contributed by atoms with van der Waals surface area (Å²) in [5, 5.41) is 9.09. The van der Waals surface area contributed by atoms with E-state index >= 15 is 0 Å². The van der Waals surface area contributed by atoms with Crippen molar-refractivity contribution in [2.24, 2.45) is 4.99 Å². The number of aliphatic hydroxyl groups is 1. The number of aliphatic hydroxyl groups excluding tert-OH is 1. The van der Waals surface area contributed by atoms with Gasteiger partial charge in [-0.1, -0.05) is 91.0 Å². The standard InChI is InChI=1S/C23H23NO/c25-19-11-10-18-24-23(20-12-4-1-5-13-20,21-14-6-2-7-15-21)22-16-8-3-9-17-22/h1-9,12-18,25H,10-11,19H2. The molecule has 0 amide bonds. The molecule has 3 rings (SSSR count). The zero-order valence-corrected chi connectivity index (χ0v) is 14.3. The van der Waals surface area contributed by atoms with E-state index in [0.29, 0.717) is 0 Å². The van der Waals surface area contributed by atoms with Crippen molar-refractivity contribution in [2.75, 3.05) is 6.61 Å². The lowest BCUT2D eigenvalue weighted by atomic mass is 9.77. The van der Waals surface area contributed by atoms with Crippen LogP contribution in [0.4, 0.5) is 0 Å². The molecule has 0 aliphatic heterocycles. The summed E-state index contributed by atoms with van der Waals surface area (Å²) in [6.07, 6.45) is 3.42. The molecular weight excluding hydrogens is 306 g/mol. The van der Waals surface area contributed by atoms with Gasteiger partial charge >= 0.3 is 0 Å². The first kappa shape index (κ1) is 17.1. The smallest absolute Gasteiger partial charge is 0.135 e. The quantitative estimate of drug-likeness (QED) is 0.376. The predicted octanol–water partition coefficient (Wildman–Crippen LogP) is 4.82. The number of aliphatic imine (C=N–C) groups is 1. The Morgan fingerprint density at radius 3 is 1.44 bits per heavy atom. The normalized spacial score (nSPS) is 11.7. The molecule has 0 aliphatic rings. The van der Waals surface area contributed by atoms with E-state index < -0.39 is 5.54 Å². The van der Waals surface area contributed by atoms with Gasteiger partial charge < -0.3 is 5.11 Å². The van der Waals surface area contributed by atoms with Gasteiger partial charge in [0, 0.05) is 12.8 Å². The summed E-state index contributed by atoms with van der Waals surface area (Å²) in [6, 6.07) is 31.2. The maximum absolute atomic E-state index is 9.09. The van der Waals surface area contributed by atoms with Gasteiger partial charge in [-0.15, -0.1) is 0 Å². The van der Waals surface area contributed by atoms with Crippen LogP contribution < -0.4 is 0 Å². The molecule has 0 aliphatic carbocycles. The lowest BCUT2D eigenvalue weighted by Gasteiger charge is -2.32. The van der Waals surface area contributed by atoms with Crippen LogP contribution >= 0.6 is 0 Å². The first-order valence-corrected chi connectivity index (χ1v) is 8.69. The van der Waals surface area contributed by atoms with Crippen LogP contribution in [0.1, 0.15) is 29.5 Å². The van der Waals surface area contributed by atoms with E-state index in [0.717, 1.165) is 29.5 Å². The minimum atomic E-state index is -0.584. The number of benzene rings is 3. The number of hydrogen-bond donors (Lipinski definition) is 1. The Bertz CT molecular complexity index is 685. The number of rotatable bonds is 7. The van der Waals surface area contributed by atoms with Crippen molar-refractivity contribution in [3.8, 4) is 0 Å². The molecule has 0 unspecified atom stereocenters. The molecular formula is C23H23NO. The van der Waals surface area contributed by atoms with Crippen LogP contribution in [0.2, 0.25) is 0 Å². The van der Waals surface area contributed by atoms with E-state index in [1.54, 1.807) is 0 Å². The topological polar surface area (TPSA) is 32.6 Å². The summed E-state index contributed by atoms with van der Waals surface area (Å²) in [4.78, 5) is 5.07. The van der Waals surface area contributed by atoms with Crippen molar-refractivity contribution in [1.29, 1.82) is 0 Å². The van der Waals surface area contributed by atoms with Gasteiger partial charge in [-0.05, 0) is 29.5 Å². The Kier molecular flexibility index (Phi) is 5.76. The Morgan fingerprint density at radius 2 is 1.08 bits per heavy atom. The number of nitrogens with zero attached hydrogens (tertiary/aromatic N) is 1. The summed E-state index contributed by atoms with van der Waals surface area (Å²) in [5.41, 5.74) is 2.81. The molecule has 25 heavy (non-hydrogen) atoms. The van der Waals surface area contributed by atoms with Crippen LogP contribution in [-0.2, 0) is 5.54 Å². The van der Waals surface area contributed by atoms with Gasteiger partial charge in [0.15, 0.2) is 0 Å². The van der Waals surface area contributed by atoms with Gasteiger partial charge in [-0.2, -0.15) is 0 Å². The van der Waals surface area contributed by atoms with Gasteiger partial charge in [0.2, 0.25) is 0 Å². The van der Waals surface area contributed by atoms with Crippen LogP contribution in [0, 0.1) is 0 Å². The van der Waals surface area contributed by atoms with Crippen molar-refractivity contribution in [3.05, 3.63) is 108 Å². The second-order valence-electron chi connectivity index (χ2n) is 5.99. The van der Waals surface area contributed by atoms with Crippen molar-refractivity contribution in [3.63, 3.8) is 0 Å². The molecule has 0 radical (unpaired) electrons. The van der Waals surface area contributed by atoms with Crippen molar-refractivity contribution in [2.45, 2.75) is 18.4 Å². The van der Waals surface area contributed by atoms with Crippen LogP contribution in [0.15, 0.2) is 96.0 Å². The van der Waals surface area contributed by atoms with E-state index in [2.05, 4.69) is 72.8 Å². The maximum Gasteiger partial charge on any atom is 0.135 e. The highest BCUT2D eigenvalue weighted by Gasteiger charge is 2.35. The van der Waals surface area contributed by atoms with E-state index in [1.165, 1.54) is 0 Å². The van der Waals surface area contributed by atoms with Gasteiger partial charge in [0.1, 0.15) is 5.54 Å². The minimum absolute atomic E-state index is 0.182. The SMILES string of the molecule is OCCCC=NC(c1ccccc1)(c1ccccc1)c1ccccc1. The molecule has 2 nitrogen and oxygen atoms in total. The third kappa shape index (κ3) is 3.70. The van der Waals surface area contributed by atoms with Gasteiger partial charge in [-0.25, -0.2) is 0 Å². The summed E-state index contributed by atoms with van der Waals surface area (Å²) < 4.78 is 0. The van der Waals surface area contributed by atoms with Crippen molar-refractivity contribution in [1.82, 2.24) is 0 Å². The molecule has 0 saturated heterocycles. The predicted molar refractivity (Wildman–Crippen MR) is 104 cm³/mol. The summed E-state index contributed by atoms with van der Waals surface area (Å²) in [5.74, 6) is 0. The average molecular weight is 329 g/mol. The average Bonchev–Trinajstić information content (AvgIpc) is 2.70. The van der Waals surface area contributed by atoms with Gasteiger partial charge in [0.05, 0.1) is 0 Å². The highest BCUT2D eigenvalue weighted by atomic mass is 16.2. The lowest BCUT2D eigenvalue weighted by molar-refractivity contribution is 0.291. The van der Waals surface area contributed by atoms with Gasteiger partial charge in [-0.3, -0.25) is 4.99 Å². The van der Waals surface area contributed by atoms with Crippen LogP contribution in [0.5, 0.6) is 0 Å². The third-order valence-electron chi connectivity index (χ3n) is 4.35. The summed E-state index contributed by atoms with van der Waals surface area (Å²) in [7, 11) is 0. The second kappa shape index (κ2) is 8.41. The summed E-state index contributed by atoms with van der Waals surface area (Å²) >= 11 is 0. The van der Waals surface area contributed by atoms with Crippen LogP contribution in [-0.4, -0.2) is 17.9 Å². The molecule has 3 aromatic carbocycles. The monoisotopic (exact) mass is 329 g/mol. The fraction of sp³-hybridized carbons (Fsp3) is 0.174. The maximum atomic E-state index is 9.09. The molecule has 126 valence electrons. The van der Waals surface area contributed by atoms with Crippen LogP contribution in [0.3, 0.4) is 0 Å². The van der Waals surface area contributed by atoms with Crippen molar-refractivity contribution >= 4 is 6.21 Å². The fourth-order valence-electron chi connectivity index (χ4n) is 3.15. The first-order valence-electron chi connectivity index (χ1n) is 8.69. The largest absolute Gasteiger partial charge is 0.396 e. The zero-order chi connectivity index (χ0) is 17.4. The highest BCUT2D eigenvalue weighted by molar-refractivity contribution is 5.62. The molecule has 0 atom stereocenters. The Labute approximate surface area is 149 Å². The number of hydrogen-bond acceptors (Lipinski definition) is 2. The van der Waals surface area contributed by atoms with E-state index in [4.69, 9.17) is 10.1 Å². The Morgan fingerprint density at radius 1 is 0.680 bits per heavy atom. The Hall–Kier alpha value is -2.71. The Balaban J connectivity index is 2.22. The van der Waals surface area contributed by atoms with E-state index in [-0.39, 0.29) is 6.61 Å². The highest BCUT2D eigenvalue weighted by Crippen LogP contribution is 2.40. The second-order valence-corrected chi connectivity index (χ2v) is 5.99. The lowest BCUT2D eigenvalue weighted by Crippen LogP contribution is -2.27.